The number of carbonyl (C=O) groups is 2. The van der Waals surface area contributed by atoms with Gasteiger partial charge in [0.2, 0.25) is 0 Å². The molecule has 0 saturated carbocycles. The first-order valence-corrected chi connectivity index (χ1v) is 8.59. The van der Waals surface area contributed by atoms with Gasteiger partial charge in [0.1, 0.15) is 5.70 Å². The highest BCUT2D eigenvalue weighted by atomic mass is 16.6. The highest BCUT2D eigenvalue weighted by molar-refractivity contribution is 6.14. The van der Waals surface area contributed by atoms with Gasteiger partial charge in [-0.05, 0) is 24.6 Å². The minimum atomic E-state index is -0.538. The van der Waals surface area contributed by atoms with Crippen molar-refractivity contribution in [3.63, 3.8) is 0 Å². The zero-order chi connectivity index (χ0) is 19.8. The molecule has 1 aliphatic rings. The lowest BCUT2D eigenvalue weighted by Gasteiger charge is -2.09. The maximum absolute atomic E-state index is 11.9. The lowest BCUT2D eigenvalue weighted by Crippen LogP contribution is -2.22. The molecule has 0 radical (unpaired) electrons. The van der Waals surface area contributed by atoms with Gasteiger partial charge >= 0.3 is 6.03 Å². The first-order chi connectivity index (χ1) is 13.4. The number of nitrogens with one attached hydrogen (secondary N) is 2. The van der Waals surface area contributed by atoms with E-state index < -0.39 is 16.9 Å². The standard InChI is InChI=1S/C20H16N4O4/c1-12-16(10-17-19(25)22-20(26)21-17)15-4-2-3-5-18(15)23(12)11-13-6-8-14(9-7-13)24(27)28/h2-10H,11H2,1H3,(H2,21,22,25,26)/b17-10+. The van der Waals surface area contributed by atoms with Crippen LogP contribution in [-0.2, 0) is 11.3 Å². The Hall–Kier alpha value is -3.94. The Balaban J connectivity index is 1.78. The summed E-state index contributed by atoms with van der Waals surface area (Å²) >= 11 is 0. The molecule has 0 unspecified atom stereocenters. The molecule has 8 nitrogen and oxygen atoms in total. The number of nitro groups is 1. The normalized spacial score (nSPS) is 15.1. The number of hydrogen-bond acceptors (Lipinski definition) is 4. The first kappa shape index (κ1) is 17.5. The van der Waals surface area contributed by atoms with Crippen molar-refractivity contribution < 1.29 is 14.5 Å². The maximum Gasteiger partial charge on any atom is 0.326 e. The fraction of sp³-hybridized carbons (Fsp3) is 0.100. The molecule has 3 amide bonds. The molecule has 2 aromatic carbocycles. The smallest absolute Gasteiger partial charge is 0.326 e. The average Bonchev–Trinajstić information content (AvgIpc) is 3.13. The van der Waals surface area contributed by atoms with E-state index in [0.717, 1.165) is 27.7 Å². The van der Waals surface area contributed by atoms with Gasteiger partial charge in [0, 0.05) is 40.8 Å². The highest BCUT2D eigenvalue weighted by Crippen LogP contribution is 2.29. The maximum atomic E-state index is 11.9. The number of rotatable bonds is 4. The number of aromatic nitrogens is 1. The molecule has 28 heavy (non-hydrogen) atoms. The number of urea groups is 1. The largest absolute Gasteiger partial charge is 0.340 e. The van der Waals surface area contributed by atoms with Crippen molar-refractivity contribution in [3.05, 3.63) is 81.2 Å². The van der Waals surface area contributed by atoms with Gasteiger partial charge in [-0.2, -0.15) is 0 Å². The second kappa shape index (κ2) is 6.66. The van der Waals surface area contributed by atoms with Crippen molar-refractivity contribution >= 4 is 34.6 Å². The Morgan fingerprint density at radius 2 is 1.79 bits per heavy atom. The van der Waals surface area contributed by atoms with Crippen LogP contribution in [0, 0.1) is 17.0 Å². The van der Waals surface area contributed by atoms with E-state index in [1.807, 2.05) is 31.2 Å². The Bertz CT molecular complexity index is 1160. The van der Waals surface area contributed by atoms with E-state index in [1.165, 1.54) is 12.1 Å². The third kappa shape index (κ3) is 3.01. The van der Waals surface area contributed by atoms with Crippen molar-refractivity contribution in [1.29, 1.82) is 0 Å². The van der Waals surface area contributed by atoms with E-state index in [9.17, 15) is 19.7 Å². The van der Waals surface area contributed by atoms with Crippen LogP contribution in [0.3, 0.4) is 0 Å². The number of fused-ring (bicyclic) bond motifs is 1. The highest BCUT2D eigenvalue weighted by Gasteiger charge is 2.24. The minimum absolute atomic E-state index is 0.0474. The molecule has 1 aromatic heterocycles. The molecule has 0 spiro atoms. The lowest BCUT2D eigenvalue weighted by atomic mass is 10.1. The average molecular weight is 376 g/mol. The van der Waals surface area contributed by atoms with Crippen LogP contribution in [0.25, 0.3) is 17.0 Å². The molecule has 0 aliphatic carbocycles. The predicted molar refractivity (Wildman–Crippen MR) is 104 cm³/mol. The van der Waals surface area contributed by atoms with Crippen LogP contribution in [0.2, 0.25) is 0 Å². The Morgan fingerprint density at radius 3 is 2.43 bits per heavy atom. The number of non-ortho nitro benzene ring substituents is 1. The molecule has 0 atom stereocenters. The molecule has 2 heterocycles. The number of benzene rings is 2. The van der Waals surface area contributed by atoms with Crippen LogP contribution < -0.4 is 10.6 Å². The van der Waals surface area contributed by atoms with E-state index in [2.05, 4.69) is 15.2 Å². The molecule has 140 valence electrons. The number of nitrogens with zero attached hydrogens (tertiary/aromatic N) is 2. The molecule has 8 heteroatoms. The first-order valence-electron chi connectivity index (χ1n) is 8.59. The van der Waals surface area contributed by atoms with Crippen LogP contribution >= 0.6 is 0 Å². The van der Waals surface area contributed by atoms with Crippen LogP contribution in [0.15, 0.2) is 54.2 Å². The van der Waals surface area contributed by atoms with E-state index in [-0.39, 0.29) is 11.4 Å². The number of amides is 3. The molecule has 2 N–H and O–H groups in total. The van der Waals surface area contributed by atoms with E-state index in [1.54, 1.807) is 18.2 Å². The number of para-hydroxylation sites is 1. The molecule has 0 bridgehead atoms. The fourth-order valence-corrected chi connectivity index (χ4v) is 3.38. The summed E-state index contributed by atoms with van der Waals surface area (Å²) in [6.45, 7) is 2.46. The van der Waals surface area contributed by atoms with Crippen LogP contribution in [0.1, 0.15) is 16.8 Å². The van der Waals surface area contributed by atoms with Crippen LogP contribution in [-0.4, -0.2) is 21.4 Å². The van der Waals surface area contributed by atoms with Gasteiger partial charge in [-0.25, -0.2) is 4.79 Å². The zero-order valence-corrected chi connectivity index (χ0v) is 14.9. The fourth-order valence-electron chi connectivity index (χ4n) is 3.38. The van der Waals surface area contributed by atoms with E-state index in [0.29, 0.717) is 6.54 Å². The summed E-state index contributed by atoms with van der Waals surface area (Å²) in [6.07, 6.45) is 1.67. The Kier molecular flexibility index (Phi) is 4.15. The molecule has 1 aliphatic heterocycles. The van der Waals surface area contributed by atoms with Crippen molar-refractivity contribution in [1.82, 2.24) is 15.2 Å². The lowest BCUT2D eigenvalue weighted by molar-refractivity contribution is -0.384. The minimum Gasteiger partial charge on any atom is -0.340 e. The van der Waals surface area contributed by atoms with Gasteiger partial charge in [0.15, 0.2) is 0 Å². The van der Waals surface area contributed by atoms with Crippen LogP contribution in [0.4, 0.5) is 10.5 Å². The van der Waals surface area contributed by atoms with Gasteiger partial charge in [0.25, 0.3) is 11.6 Å². The van der Waals surface area contributed by atoms with Crippen molar-refractivity contribution in [2.45, 2.75) is 13.5 Å². The predicted octanol–water partition coefficient (Wildman–Crippen LogP) is 3.09. The second-order valence-electron chi connectivity index (χ2n) is 6.49. The molecule has 4 rings (SSSR count). The number of nitro benzene ring substituents is 1. The quantitative estimate of drug-likeness (QED) is 0.316. The summed E-state index contributed by atoms with van der Waals surface area (Å²) in [6, 6.07) is 13.7. The molecular formula is C20H16N4O4. The number of imide groups is 1. The number of carbonyl (C=O) groups excluding carboxylic acids is 2. The van der Waals surface area contributed by atoms with Crippen LogP contribution in [0.5, 0.6) is 0 Å². The summed E-state index contributed by atoms with van der Waals surface area (Å²) in [5, 5.41) is 16.5. The Morgan fingerprint density at radius 1 is 1.07 bits per heavy atom. The van der Waals surface area contributed by atoms with Crippen molar-refractivity contribution in [2.24, 2.45) is 0 Å². The summed E-state index contributed by atoms with van der Waals surface area (Å²) < 4.78 is 2.08. The topological polar surface area (TPSA) is 106 Å². The molecule has 1 saturated heterocycles. The van der Waals surface area contributed by atoms with Gasteiger partial charge in [-0.1, -0.05) is 30.3 Å². The third-order valence-corrected chi connectivity index (χ3v) is 4.78. The summed E-state index contributed by atoms with van der Waals surface area (Å²) in [4.78, 5) is 33.7. The summed E-state index contributed by atoms with van der Waals surface area (Å²) in [5.41, 5.74) is 3.89. The SMILES string of the molecule is Cc1c(/C=C2/NC(=O)NC2=O)c2ccccc2n1Cc1ccc([N+](=O)[O-])cc1. The van der Waals surface area contributed by atoms with E-state index in [4.69, 9.17) is 0 Å². The summed E-state index contributed by atoms with van der Waals surface area (Å²) in [5.74, 6) is -0.461. The van der Waals surface area contributed by atoms with Gasteiger partial charge in [-0.15, -0.1) is 0 Å². The second-order valence-corrected chi connectivity index (χ2v) is 6.49. The van der Waals surface area contributed by atoms with Gasteiger partial charge in [-0.3, -0.25) is 20.2 Å². The number of hydrogen-bond donors (Lipinski definition) is 2. The van der Waals surface area contributed by atoms with Gasteiger partial charge < -0.3 is 9.88 Å². The monoisotopic (exact) mass is 376 g/mol. The zero-order valence-electron chi connectivity index (χ0n) is 14.9. The van der Waals surface area contributed by atoms with Crippen molar-refractivity contribution in [3.8, 4) is 0 Å². The molecule has 1 fully saturated rings. The summed E-state index contributed by atoms with van der Waals surface area (Å²) in [7, 11) is 0. The Labute approximate surface area is 159 Å². The molecular weight excluding hydrogens is 360 g/mol. The molecule has 3 aromatic rings. The third-order valence-electron chi connectivity index (χ3n) is 4.78. The van der Waals surface area contributed by atoms with Gasteiger partial charge in [0.05, 0.1) is 4.92 Å². The van der Waals surface area contributed by atoms with Crippen molar-refractivity contribution in [2.75, 3.05) is 0 Å². The van der Waals surface area contributed by atoms with E-state index >= 15 is 0 Å².